The molecule has 1 aliphatic heterocycles. The zero-order valence-corrected chi connectivity index (χ0v) is 16.5. The number of esters is 1. The Hall–Kier alpha value is -3.19. The largest absolute Gasteiger partial charge is 0.507 e. The normalized spacial score (nSPS) is 15.7. The molecule has 4 rings (SSSR count). The summed E-state index contributed by atoms with van der Waals surface area (Å²) in [5.41, 5.74) is -0.372. The van der Waals surface area contributed by atoms with Crippen molar-refractivity contribution in [3.63, 3.8) is 0 Å². The van der Waals surface area contributed by atoms with Gasteiger partial charge in [-0.2, -0.15) is 0 Å². The minimum Gasteiger partial charge on any atom is -0.507 e. The van der Waals surface area contributed by atoms with Crippen molar-refractivity contribution < 1.29 is 29.3 Å². The molecule has 0 atom stereocenters. The van der Waals surface area contributed by atoms with Gasteiger partial charge in [0.25, 0.3) is 0 Å². The van der Waals surface area contributed by atoms with Gasteiger partial charge in [0, 0.05) is 11.1 Å². The summed E-state index contributed by atoms with van der Waals surface area (Å²) < 4.78 is 5.28. The molecule has 1 heterocycles. The molecule has 0 aromatic heterocycles. The third-order valence-corrected chi connectivity index (χ3v) is 5.64. The highest BCUT2D eigenvalue weighted by Gasteiger charge is 2.35. The highest BCUT2D eigenvalue weighted by atomic mass is 16.5. The maximum absolute atomic E-state index is 12.8. The van der Waals surface area contributed by atoms with Crippen LogP contribution in [0.5, 0.6) is 11.5 Å². The molecule has 156 valence electrons. The van der Waals surface area contributed by atoms with Gasteiger partial charge in [0.15, 0.2) is 5.78 Å². The van der Waals surface area contributed by atoms with E-state index in [2.05, 4.69) is 4.90 Å². The minimum absolute atomic E-state index is 0.00976. The summed E-state index contributed by atoms with van der Waals surface area (Å²) >= 11 is 0. The summed E-state index contributed by atoms with van der Waals surface area (Å²) in [6.07, 6.45) is 4.13. The monoisotopic (exact) mass is 409 g/mol. The van der Waals surface area contributed by atoms with Crippen LogP contribution >= 0.6 is 0 Å². The summed E-state index contributed by atoms with van der Waals surface area (Å²) in [4.78, 5) is 40.4. The van der Waals surface area contributed by atoms with Gasteiger partial charge < -0.3 is 19.8 Å². The molecule has 2 aliphatic rings. The van der Waals surface area contributed by atoms with E-state index in [9.17, 15) is 24.6 Å². The van der Waals surface area contributed by atoms with Crippen molar-refractivity contribution in [2.24, 2.45) is 0 Å². The standard InChI is InChI=1S/C23H23NO6/c25-17-7-5-6-15-19(17)22(28)20-16(21(15)27)12-14(13-18(20)26)23(29)30-11-4-3-10-24-8-1-2-9-24/h5-7,12-13,25-26H,1-4,8-11H2. The number of benzene rings is 2. The lowest BCUT2D eigenvalue weighted by molar-refractivity contribution is 0.0495. The Morgan fingerprint density at radius 1 is 0.933 bits per heavy atom. The molecular weight excluding hydrogens is 386 g/mol. The summed E-state index contributed by atoms with van der Waals surface area (Å²) in [7, 11) is 0. The molecule has 7 nitrogen and oxygen atoms in total. The number of likely N-dealkylation sites (tertiary alicyclic amines) is 1. The number of phenols is 2. The van der Waals surface area contributed by atoms with Crippen LogP contribution in [0.3, 0.4) is 0 Å². The van der Waals surface area contributed by atoms with Gasteiger partial charge in [-0.05, 0) is 63.5 Å². The topological polar surface area (TPSA) is 104 Å². The van der Waals surface area contributed by atoms with E-state index in [1.54, 1.807) is 0 Å². The van der Waals surface area contributed by atoms with Crippen LogP contribution in [0.4, 0.5) is 0 Å². The number of carbonyl (C=O) groups is 3. The average Bonchev–Trinajstić information content (AvgIpc) is 3.24. The zero-order chi connectivity index (χ0) is 21.3. The van der Waals surface area contributed by atoms with Crippen molar-refractivity contribution in [3.05, 3.63) is 58.1 Å². The number of rotatable bonds is 6. The second kappa shape index (κ2) is 8.28. The van der Waals surface area contributed by atoms with Gasteiger partial charge in [-0.15, -0.1) is 0 Å². The summed E-state index contributed by atoms with van der Waals surface area (Å²) in [5, 5.41) is 20.3. The second-order valence-corrected chi connectivity index (χ2v) is 7.67. The van der Waals surface area contributed by atoms with Crippen molar-refractivity contribution in [2.75, 3.05) is 26.2 Å². The van der Waals surface area contributed by atoms with E-state index in [4.69, 9.17) is 4.74 Å². The molecule has 1 fully saturated rings. The van der Waals surface area contributed by atoms with Crippen LogP contribution in [-0.2, 0) is 4.74 Å². The summed E-state index contributed by atoms with van der Waals surface area (Å²) in [6, 6.07) is 6.60. The molecular formula is C23H23NO6. The smallest absolute Gasteiger partial charge is 0.338 e. The Kier molecular flexibility index (Phi) is 5.55. The molecule has 2 N–H and O–H groups in total. The number of fused-ring (bicyclic) bond motifs is 2. The van der Waals surface area contributed by atoms with Crippen molar-refractivity contribution in [1.29, 1.82) is 0 Å². The van der Waals surface area contributed by atoms with E-state index in [0.717, 1.165) is 38.5 Å². The van der Waals surface area contributed by atoms with Crippen LogP contribution in [0.15, 0.2) is 30.3 Å². The summed E-state index contributed by atoms with van der Waals surface area (Å²) in [6.45, 7) is 3.48. The Labute approximate surface area is 173 Å². The fourth-order valence-electron chi connectivity index (χ4n) is 4.09. The van der Waals surface area contributed by atoms with Crippen molar-refractivity contribution in [1.82, 2.24) is 4.90 Å². The molecule has 2 aromatic carbocycles. The number of hydrogen-bond acceptors (Lipinski definition) is 7. The van der Waals surface area contributed by atoms with Crippen molar-refractivity contribution >= 4 is 17.5 Å². The molecule has 1 aliphatic carbocycles. The molecule has 0 unspecified atom stereocenters. The van der Waals surface area contributed by atoms with E-state index in [0.29, 0.717) is 0 Å². The Balaban J connectivity index is 1.46. The average molecular weight is 409 g/mol. The van der Waals surface area contributed by atoms with Crippen molar-refractivity contribution in [3.8, 4) is 11.5 Å². The highest BCUT2D eigenvalue weighted by Crippen LogP contribution is 2.37. The maximum Gasteiger partial charge on any atom is 0.338 e. The molecule has 7 heteroatoms. The Morgan fingerprint density at radius 3 is 2.43 bits per heavy atom. The van der Waals surface area contributed by atoms with E-state index < -0.39 is 23.3 Å². The molecule has 0 bridgehead atoms. The SMILES string of the molecule is O=C(OCCCCN1CCCC1)c1cc(O)c2c(c1)C(=O)c1cccc(O)c1C2=O. The van der Waals surface area contributed by atoms with E-state index >= 15 is 0 Å². The number of nitrogens with zero attached hydrogens (tertiary/aromatic N) is 1. The van der Waals surface area contributed by atoms with Gasteiger partial charge in [0.1, 0.15) is 11.5 Å². The summed E-state index contributed by atoms with van der Waals surface area (Å²) in [5.74, 6) is -2.66. The fraction of sp³-hybridized carbons (Fsp3) is 0.348. The fourth-order valence-corrected chi connectivity index (χ4v) is 4.09. The molecule has 30 heavy (non-hydrogen) atoms. The second-order valence-electron chi connectivity index (χ2n) is 7.67. The molecule has 0 radical (unpaired) electrons. The van der Waals surface area contributed by atoms with E-state index in [1.807, 2.05) is 0 Å². The third kappa shape index (κ3) is 3.68. The van der Waals surface area contributed by atoms with Crippen LogP contribution in [0.2, 0.25) is 0 Å². The minimum atomic E-state index is -0.656. The third-order valence-electron chi connectivity index (χ3n) is 5.64. The predicted octanol–water partition coefficient (Wildman–Crippen LogP) is 2.91. The Morgan fingerprint density at radius 2 is 1.67 bits per heavy atom. The number of unbranched alkanes of at least 4 members (excludes halogenated alkanes) is 1. The van der Waals surface area contributed by atoms with Gasteiger partial charge in [-0.3, -0.25) is 9.59 Å². The first kappa shape index (κ1) is 20.1. The van der Waals surface area contributed by atoms with Crippen LogP contribution < -0.4 is 0 Å². The van der Waals surface area contributed by atoms with Gasteiger partial charge in [-0.25, -0.2) is 4.79 Å². The van der Waals surface area contributed by atoms with Crippen molar-refractivity contribution in [2.45, 2.75) is 25.7 Å². The van der Waals surface area contributed by atoms with E-state index in [1.165, 1.54) is 37.1 Å². The lowest BCUT2D eigenvalue weighted by atomic mass is 9.82. The molecule has 2 aromatic rings. The number of ether oxygens (including phenoxy) is 1. The molecule has 0 spiro atoms. The number of aromatic hydroxyl groups is 2. The van der Waals surface area contributed by atoms with Crippen LogP contribution in [0.25, 0.3) is 0 Å². The van der Waals surface area contributed by atoms with Gasteiger partial charge in [0.2, 0.25) is 5.78 Å². The first-order valence-electron chi connectivity index (χ1n) is 10.1. The number of ketones is 2. The maximum atomic E-state index is 12.8. The molecule has 0 saturated carbocycles. The first-order valence-corrected chi connectivity index (χ1v) is 10.1. The lowest BCUT2D eigenvalue weighted by Gasteiger charge is -2.20. The highest BCUT2D eigenvalue weighted by molar-refractivity contribution is 6.30. The van der Waals surface area contributed by atoms with Crippen LogP contribution in [0, 0.1) is 0 Å². The van der Waals surface area contributed by atoms with Gasteiger partial charge >= 0.3 is 5.97 Å². The zero-order valence-electron chi connectivity index (χ0n) is 16.5. The molecule has 1 saturated heterocycles. The number of phenolic OH excluding ortho intramolecular Hbond substituents is 2. The predicted molar refractivity (Wildman–Crippen MR) is 108 cm³/mol. The first-order chi connectivity index (χ1) is 14.5. The lowest BCUT2D eigenvalue weighted by Crippen LogP contribution is -2.22. The quantitative estimate of drug-likeness (QED) is 0.476. The number of carbonyl (C=O) groups excluding carboxylic acids is 3. The molecule has 0 amide bonds. The van der Waals surface area contributed by atoms with E-state index in [-0.39, 0.29) is 40.2 Å². The van der Waals surface area contributed by atoms with Gasteiger partial charge in [0.05, 0.1) is 23.3 Å². The van der Waals surface area contributed by atoms with Gasteiger partial charge in [-0.1, -0.05) is 12.1 Å². The van der Waals surface area contributed by atoms with Crippen LogP contribution in [0.1, 0.15) is 67.9 Å². The number of hydrogen-bond donors (Lipinski definition) is 2. The Bertz CT molecular complexity index is 1020. The van der Waals surface area contributed by atoms with Crippen LogP contribution in [-0.4, -0.2) is 58.9 Å².